The number of carbonyl (C=O) groups excluding carboxylic acids is 2. The second kappa shape index (κ2) is 9.54. The number of rotatable bonds is 6. The van der Waals surface area contributed by atoms with E-state index in [1.54, 1.807) is 36.4 Å². The Morgan fingerprint density at radius 1 is 1.00 bits per heavy atom. The predicted octanol–water partition coefficient (Wildman–Crippen LogP) is 5.02. The zero-order valence-electron chi connectivity index (χ0n) is 16.9. The summed E-state index contributed by atoms with van der Waals surface area (Å²) in [7, 11) is 0. The summed E-state index contributed by atoms with van der Waals surface area (Å²) in [4.78, 5) is 24.9. The molecular weight excluding hydrogens is 369 g/mol. The quantitative estimate of drug-likeness (QED) is 0.641. The molecule has 0 spiro atoms. The molecule has 0 heterocycles. The maximum Gasteiger partial charge on any atom is 0.319 e. The smallest absolute Gasteiger partial charge is 0.319 e. The van der Waals surface area contributed by atoms with Crippen molar-refractivity contribution < 1.29 is 14.0 Å². The summed E-state index contributed by atoms with van der Waals surface area (Å²) in [5.74, 6) is -0.162. The second-order valence-electron chi connectivity index (χ2n) is 7.88. The Morgan fingerprint density at radius 2 is 1.69 bits per heavy atom. The van der Waals surface area contributed by atoms with Gasteiger partial charge in [0.05, 0.1) is 6.04 Å². The first-order valence-electron chi connectivity index (χ1n) is 10.2. The van der Waals surface area contributed by atoms with Gasteiger partial charge in [0.1, 0.15) is 5.82 Å². The minimum absolute atomic E-state index is 0.0179. The van der Waals surface area contributed by atoms with Crippen LogP contribution >= 0.6 is 0 Å². The Labute approximate surface area is 171 Å². The van der Waals surface area contributed by atoms with Gasteiger partial charge in [-0.2, -0.15) is 0 Å². The molecule has 6 heteroatoms. The predicted molar refractivity (Wildman–Crippen MR) is 112 cm³/mol. The third kappa shape index (κ3) is 5.79. The summed E-state index contributed by atoms with van der Waals surface area (Å²) >= 11 is 0. The van der Waals surface area contributed by atoms with Gasteiger partial charge in [-0.1, -0.05) is 31.0 Å². The number of nitrogens with one attached hydrogen (secondary N) is 3. The van der Waals surface area contributed by atoms with Gasteiger partial charge >= 0.3 is 6.03 Å². The Morgan fingerprint density at radius 3 is 2.34 bits per heavy atom. The van der Waals surface area contributed by atoms with E-state index < -0.39 is 0 Å². The highest BCUT2D eigenvalue weighted by Crippen LogP contribution is 2.36. The van der Waals surface area contributed by atoms with Gasteiger partial charge in [0.15, 0.2) is 0 Å². The van der Waals surface area contributed by atoms with E-state index in [0.29, 0.717) is 17.2 Å². The molecule has 1 fully saturated rings. The van der Waals surface area contributed by atoms with Gasteiger partial charge in [0, 0.05) is 17.3 Å². The van der Waals surface area contributed by atoms with Crippen LogP contribution in [0.1, 0.15) is 61.5 Å². The van der Waals surface area contributed by atoms with E-state index in [2.05, 4.69) is 16.0 Å². The Hall–Kier alpha value is -2.89. The minimum atomic E-state index is -0.312. The molecule has 1 unspecified atom stereocenters. The van der Waals surface area contributed by atoms with Crippen molar-refractivity contribution in [2.24, 2.45) is 5.92 Å². The lowest BCUT2D eigenvalue weighted by Crippen LogP contribution is -2.34. The van der Waals surface area contributed by atoms with E-state index in [9.17, 15) is 14.0 Å². The molecule has 3 N–H and O–H groups in total. The molecule has 0 saturated heterocycles. The molecule has 5 nitrogen and oxygen atoms in total. The maximum atomic E-state index is 13.4. The van der Waals surface area contributed by atoms with Gasteiger partial charge in [0.2, 0.25) is 0 Å². The number of carbonyl (C=O) groups is 2. The fraction of sp³-hybridized carbons (Fsp3) is 0.391. The largest absolute Gasteiger partial charge is 0.345 e. The standard InChI is InChI=1S/C23H28FN3O2/c1-15(2)25-23(29)26-20-9-5-8-18(14-20)22(28)27-21(16-6-3-4-7-16)17-10-12-19(24)13-11-17/h5,8-16,21H,3-4,6-7H2,1-2H3,(H,27,28)(H2,25,26,29). The van der Waals surface area contributed by atoms with Gasteiger partial charge in [-0.25, -0.2) is 9.18 Å². The summed E-state index contributed by atoms with van der Waals surface area (Å²) in [5.41, 5.74) is 1.93. The van der Waals surface area contributed by atoms with Gasteiger partial charge < -0.3 is 16.0 Å². The lowest BCUT2D eigenvalue weighted by atomic mass is 9.91. The van der Waals surface area contributed by atoms with Gasteiger partial charge in [0.25, 0.3) is 5.91 Å². The van der Waals surface area contributed by atoms with E-state index in [-0.39, 0.29) is 29.8 Å². The topological polar surface area (TPSA) is 70.2 Å². The third-order valence-corrected chi connectivity index (χ3v) is 5.19. The van der Waals surface area contributed by atoms with Gasteiger partial charge in [-0.3, -0.25) is 4.79 Å². The number of amides is 3. The summed E-state index contributed by atoms with van der Waals surface area (Å²) in [6, 6.07) is 12.8. The Balaban J connectivity index is 1.74. The van der Waals surface area contributed by atoms with Crippen LogP contribution in [0.25, 0.3) is 0 Å². The molecule has 3 amide bonds. The van der Waals surface area contributed by atoms with Crippen molar-refractivity contribution >= 4 is 17.6 Å². The van der Waals surface area contributed by atoms with Crippen molar-refractivity contribution in [3.8, 4) is 0 Å². The molecular formula is C23H28FN3O2. The zero-order valence-corrected chi connectivity index (χ0v) is 16.9. The molecule has 3 rings (SSSR count). The molecule has 1 atom stereocenters. The lowest BCUT2D eigenvalue weighted by Gasteiger charge is -2.25. The summed E-state index contributed by atoms with van der Waals surface area (Å²) in [6.07, 6.45) is 4.36. The van der Waals surface area contributed by atoms with Crippen LogP contribution in [-0.4, -0.2) is 18.0 Å². The maximum absolute atomic E-state index is 13.4. The van der Waals surface area contributed by atoms with E-state index in [1.807, 2.05) is 13.8 Å². The average Bonchev–Trinajstić information content (AvgIpc) is 3.20. The molecule has 0 bridgehead atoms. The number of benzene rings is 2. The van der Waals surface area contributed by atoms with Crippen LogP contribution in [0.4, 0.5) is 14.9 Å². The molecule has 2 aromatic carbocycles. The first-order valence-corrected chi connectivity index (χ1v) is 10.2. The summed E-state index contributed by atoms with van der Waals surface area (Å²) < 4.78 is 13.4. The van der Waals surface area contributed by atoms with E-state index in [4.69, 9.17) is 0 Å². The molecule has 0 aliphatic heterocycles. The molecule has 29 heavy (non-hydrogen) atoms. The number of anilines is 1. The molecule has 2 aromatic rings. The fourth-order valence-corrected chi connectivity index (χ4v) is 3.83. The minimum Gasteiger partial charge on any atom is -0.345 e. The van der Waals surface area contributed by atoms with Crippen molar-refractivity contribution in [1.82, 2.24) is 10.6 Å². The fourth-order valence-electron chi connectivity index (χ4n) is 3.83. The first kappa shape index (κ1) is 20.8. The highest BCUT2D eigenvalue weighted by Gasteiger charge is 2.28. The molecule has 1 aliphatic rings. The van der Waals surface area contributed by atoms with Crippen molar-refractivity contribution in [2.75, 3.05) is 5.32 Å². The van der Waals surface area contributed by atoms with Gasteiger partial charge in [-0.05, 0) is 68.5 Å². The van der Waals surface area contributed by atoms with Crippen LogP contribution in [0.5, 0.6) is 0 Å². The van der Waals surface area contributed by atoms with Crippen molar-refractivity contribution in [3.05, 3.63) is 65.5 Å². The highest BCUT2D eigenvalue weighted by atomic mass is 19.1. The van der Waals surface area contributed by atoms with Crippen LogP contribution in [0.2, 0.25) is 0 Å². The first-order chi connectivity index (χ1) is 13.9. The number of halogens is 1. The van der Waals surface area contributed by atoms with Crippen molar-refractivity contribution in [2.45, 2.75) is 51.6 Å². The lowest BCUT2D eigenvalue weighted by molar-refractivity contribution is 0.0921. The average molecular weight is 397 g/mol. The monoisotopic (exact) mass is 397 g/mol. The van der Waals surface area contributed by atoms with E-state index in [0.717, 1.165) is 31.2 Å². The SMILES string of the molecule is CC(C)NC(=O)Nc1cccc(C(=O)NC(c2ccc(F)cc2)C2CCCC2)c1. The Kier molecular flexibility index (Phi) is 6.86. The molecule has 1 aliphatic carbocycles. The number of hydrogen-bond acceptors (Lipinski definition) is 2. The molecule has 0 aromatic heterocycles. The number of hydrogen-bond donors (Lipinski definition) is 3. The molecule has 0 radical (unpaired) electrons. The van der Waals surface area contributed by atoms with Crippen LogP contribution in [0.15, 0.2) is 48.5 Å². The molecule has 154 valence electrons. The third-order valence-electron chi connectivity index (χ3n) is 5.19. The van der Waals surface area contributed by atoms with Crippen LogP contribution < -0.4 is 16.0 Å². The normalized spacial score (nSPS) is 15.2. The van der Waals surface area contributed by atoms with E-state index >= 15 is 0 Å². The zero-order chi connectivity index (χ0) is 20.8. The summed E-state index contributed by atoms with van der Waals surface area (Å²) in [6.45, 7) is 3.75. The summed E-state index contributed by atoms with van der Waals surface area (Å²) in [5, 5.41) is 8.63. The second-order valence-corrected chi connectivity index (χ2v) is 7.88. The van der Waals surface area contributed by atoms with Crippen LogP contribution in [0, 0.1) is 11.7 Å². The van der Waals surface area contributed by atoms with Crippen LogP contribution in [0.3, 0.4) is 0 Å². The Bertz CT molecular complexity index is 845. The van der Waals surface area contributed by atoms with E-state index in [1.165, 1.54) is 12.1 Å². The highest BCUT2D eigenvalue weighted by molar-refractivity contribution is 5.97. The molecule has 1 saturated carbocycles. The van der Waals surface area contributed by atoms with Crippen molar-refractivity contribution in [1.29, 1.82) is 0 Å². The van der Waals surface area contributed by atoms with Gasteiger partial charge in [-0.15, -0.1) is 0 Å². The van der Waals surface area contributed by atoms with Crippen LogP contribution in [-0.2, 0) is 0 Å². The number of urea groups is 1. The van der Waals surface area contributed by atoms with Crippen molar-refractivity contribution in [3.63, 3.8) is 0 Å².